The molecule has 1 N–H and O–H groups in total. The van der Waals surface area contributed by atoms with Gasteiger partial charge in [-0.1, -0.05) is 42.5 Å². The molecule has 0 fully saturated rings. The number of ether oxygens (including phenoxy) is 2. The summed E-state index contributed by atoms with van der Waals surface area (Å²) in [5.74, 6) is -1.49. The molecule has 2 heterocycles. The summed E-state index contributed by atoms with van der Waals surface area (Å²) in [4.78, 5) is 20.8. The van der Waals surface area contributed by atoms with Crippen LogP contribution in [-0.2, 0) is 25.9 Å². The van der Waals surface area contributed by atoms with E-state index in [0.717, 1.165) is 0 Å². The van der Waals surface area contributed by atoms with E-state index in [9.17, 15) is 22.7 Å². The van der Waals surface area contributed by atoms with Crippen LogP contribution >= 0.6 is 0 Å². The van der Waals surface area contributed by atoms with Crippen molar-refractivity contribution in [2.24, 2.45) is 0 Å². The molecule has 0 bridgehead atoms. The number of halogens is 1. The number of aromatic hydroxyl groups is 1. The van der Waals surface area contributed by atoms with Crippen LogP contribution in [0.3, 0.4) is 0 Å². The molecule has 210 valence electrons. The van der Waals surface area contributed by atoms with Crippen molar-refractivity contribution < 1.29 is 27.4 Å². The predicted octanol–water partition coefficient (Wildman–Crippen LogP) is 4.45. The molecule has 0 saturated heterocycles. The molecule has 0 aliphatic carbocycles. The Bertz CT molecular complexity index is 1660. The second-order valence-corrected chi connectivity index (χ2v) is 11.3. The first kappa shape index (κ1) is 29.1. The predicted molar refractivity (Wildman–Crippen MR) is 146 cm³/mol. The van der Waals surface area contributed by atoms with Crippen molar-refractivity contribution >= 4 is 9.84 Å². The lowest BCUT2D eigenvalue weighted by Gasteiger charge is -2.24. The third kappa shape index (κ3) is 5.96. The topological polar surface area (TPSA) is 121 Å². The minimum absolute atomic E-state index is 0.0320. The minimum atomic E-state index is -4.52. The fourth-order valence-corrected chi connectivity index (χ4v) is 5.71. The van der Waals surface area contributed by atoms with Crippen molar-refractivity contribution in [2.75, 3.05) is 13.7 Å². The van der Waals surface area contributed by atoms with Crippen molar-refractivity contribution in [2.45, 2.75) is 49.3 Å². The Morgan fingerprint density at radius 2 is 1.68 bits per heavy atom. The molecule has 11 heteroatoms. The number of aromatic nitrogens is 3. The summed E-state index contributed by atoms with van der Waals surface area (Å²) in [5.41, 5.74) is 1.39. The zero-order valence-electron chi connectivity index (χ0n) is 22.5. The molecule has 40 heavy (non-hydrogen) atoms. The monoisotopic (exact) mass is 567 g/mol. The average molecular weight is 568 g/mol. The van der Waals surface area contributed by atoms with Crippen LogP contribution in [0, 0.1) is 12.9 Å². The molecule has 1 atom stereocenters. The molecule has 9 nitrogen and oxygen atoms in total. The normalized spacial score (nSPS) is 12.6. The van der Waals surface area contributed by atoms with Gasteiger partial charge in [-0.3, -0.25) is 9.36 Å². The van der Waals surface area contributed by atoms with Crippen LogP contribution in [0.1, 0.15) is 37.0 Å². The fourth-order valence-electron chi connectivity index (χ4n) is 4.37. The van der Waals surface area contributed by atoms with E-state index in [1.807, 2.05) is 6.07 Å². The first-order valence-corrected chi connectivity index (χ1v) is 14.0. The van der Waals surface area contributed by atoms with Gasteiger partial charge in [0, 0.05) is 18.4 Å². The number of nitrogens with zero attached hydrogens (tertiary/aromatic N) is 3. The number of rotatable bonds is 10. The molecular formula is C29H30FN3O6S. The summed E-state index contributed by atoms with van der Waals surface area (Å²) >= 11 is 0. The molecule has 0 radical (unpaired) electrons. The quantitative estimate of drug-likeness (QED) is 0.279. The van der Waals surface area contributed by atoms with Gasteiger partial charge in [-0.25, -0.2) is 13.4 Å². The van der Waals surface area contributed by atoms with Gasteiger partial charge in [0.1, 0.15) is 12.4 Å². The number of benzene rings is 2. The van der Waals surface area contributed by atoms with Crippen LogP contribution in [0.15, 0.2) is 81.3 Å². The molecule has 0 spiro atoms. The summed E-state index contributed by atoms with van der Waals surface area (Å²) in [7, 11) is -3.05. The van der Waals surface area contributed by atoms with Crippen molar-refractivity contribution in [3.63, 3.8) is 0 Å². The summed E-state index contributed by atoms with van der Waals surface area (Å²) in [6.45, 7) is 5.14. The van der Waals surface area contributed by atoms with Gasteiger partial charge in [0.15, 0.2) is 4.90 Å². The van der Waals surface area contributed by atoms with Gasteiger partial charge in [-0.05, 0) is 56.2 Å². The molecule has 4 rings (SSSR count). The Morgan fingerprint density at radius 1 is 1.00 bits per heavy atom. The highest BCUT2D eigenvalue weighted by molar-refractivity contribution is 7.91. The third-order valence-corrected chi connectivity index (χ3v) is 8.08. The van der Waals surface area contributed by atoms with E-state index in [-0.39, 0.29) is 30.0 Å². The maximum atomic E-state index is 14.0. The van der Waals surface area contributed by atoms with Gasteiger partial charge < -0.3 is 14.6 Å². The standard InChI is InChI=1S/C29H30FN3O6S/c1-18(2)39-17-26-32-28(34)27(29(35)33(26)24(16-38-4)21-8-6-5-7-9-21)40(36,37)22-12-10-20(11-13-22)23-14-15-25(30)31-19(23)3/h5-15,18,24,34H,16-17H2,1-4H3. The Balaban J connectivity index is 1.87. The van der Waals surface area contributed by atoms with E-state index in [0.29, 0.717) is 22.4 Å². The van der Waals surface area contributed by atoms with E-state index in [1.54, 1.807) is 51.1 Å². The molecule has 2 aromatic heterocycles. The highest BCUT2D eigenvalue weighted by atomic mass is 32.2. The number of hydrogen-bond acceptors (Lipinski definition) is 8. The number of pyridine rings is 1. The van der Waals surface area contributed by atoms with E-state index in [1.165, 1.54) is 42.0 Å². The zero-order valence-corrected chi connectivity index (χ0v) is 23.4. The third-order valence-electron chi connectivity index (χ3n) is 6.29. The second-order valence-electron chi connectivity index (χ2n) is 9.39. The van der Waals surface area contributed by atoms with Gasteiger partial charge in [0.05, 0.1) is 23.6 Å². The largest absolute Gasteiger partial charge is 0.492 e. The fraction of sp³-hybridized carbons (Fsp3) is 0.276. The molecule has 4 aromatic rings. The highest BCUT2D eigenvalue weighted by Gasteiger charge is 2.32. The van der Waals surface area contributed by atoms with Gasteiger partial charge in [-0.2, -0.15) is 9.37 Å². The average Bonchev–Trinajstić information content (AvgIpc) is 2.91. The smallest absolute Gasteiger partial charge is 0.277 e. The number of hydrogen-bond donors (Lipinski definition) is 1. The van der Waals surface area contributed by atoms with E-state index >= 15 is 0 Å². The second kappa shape index (κ2) is 12.1. The number of sulfone groups is 1. The van der Waals surface area contributed by atoms with Crippen molar-refractivity contribution in [1.82, 2.24) is 14.5 Å². The summed E-state index contributed by atoms with van der Waals surface area (Å²) in [5, 5.41) is 10.8. The van der Waals surface area contributed by atoms with Crippen molar-refractivity contribution in [1.29, 1.82) is 0 Å². The molecule has 2 aromatic carbocycles. The van der Waals surface area contributed by atoms with Crippen molar-refractivity contribution in [3.05, 3.63) is 100 Å². The molecule has 0 aliphatic heterocycles. The molecular weight excluding hydrogens is 537 g/mol. The summed E-state index contributed by atoms with van der Waals surface area (Å²) in [6.07, 6.45) is -0.216. The molecule has 0 aliphatic rings. The summed E-state index contributed by atoms with van der Waals surface area (Å²) in [6, 6.07) is 16.7. The van der Waals surface area contributed by atoms with Crippen molar-refractivity contribution in [3.8, 4) is 17.0 Å². The lowest BCUT2D eigenvalue weighted by molar-refractivity contribution is 0.0557. The lowest BCUT2D eigenvalue weighted by Crippen LogP contribution is -2.35. The van der Waals surface area contributed by atoms with Gasteiger partial charge in [-0.15, -0.1) is 0 Å². The lowest BCUT2D eigenvalue weighted by atomic mass is 10.1. The number of aryl methyl sites for hydroxylation is 1. The Labute approximate surface area is 231 Å². The zero-order chi connectivity index (χ0) is 29.0. The van der Waals surface area contributed by atoms with Gasteiger partial charge >= 0.3 is 0 Å². The van der Waals surface area contributed by atoms with E-state index < -0.39 is 38.2 Å². The van der Waals surface area contributed by atoms with E-state index in [2.05, 4.69) is 9.97 Å². The Kier molecular flexibility index (Phi) is 8.77. The van der Waals surface area contributed by atoms with Gasteiger partial charge in [0.25, 0.3) is 5.56 Å². The van der Waals surface area contributed by atoms with E-state index in [4.69, 9.17) is 9.47 Å². The Morgan fingerprint density at radius 3 is 2.27 bits per heavy atom. The molecule has 1 unspecified atom stereocenters. The molecule has 0 saturated carbocycles. The van der Waals surface area contributed by atoms with Crippen LogP contribution in [-0.4, -0.2) is 47.9 Å². The number of methoxy groups -OCH3 is 1. The first-order chi connectivity index (χ1) is 19.0. The van der Waals surface area contributed by atoms with Crippen LogP contribution in [0.2, 0.25) is 0 Å². The van der Waals surface area contributed by atoms with Crippen LogP contribution < -0.4 is 5.56 Å². The van der Waals surface area contributed by atoms with Crippen LogP contribution in [0.5, 0.6) is 5.88 Å². The highest BCUT2D eigenvalue weighted by Crippen LogP contribution is 2.30. The van der Waals surface area contributed by atoms with Gasteiger partial charge in [0.2, 0.25) is 21.7 Å². The maximum absolute atomic E-state index is 14.0. The SMILES string of the molecule is COCC(c1ccccc1)n1c(COC(C)C)nc(O)c(S(=O)(=O)c2ccc(-c3ccc(F)nc3C)cc2)c1=O. The minimum Gasteiger partial charge on any atom is -0.492 e. The Hall–Kier alpha value is -3.93. The van der Waals surface area contributed by atoms with Crippen LogP contribution in [0.4, 0.5) is 4.39 Å². The maximum Gasteiger partial charge on any atom is 0.277 e. The first-order valence-electron chi connectivity index (χ1n) is 12.5. The van der Waals surface area contributed by atoms with Crippen LogP contribution in [0.25, 0.3) is 11.1 Å². The summed E-state index contributed by atoms with van der Waals surface area (Å²) < 4.78 is 53.2. The molecule has 0 amide bonds.